The Hall–Kier alpha value is -1.71. The third-order valence-corrected chi connectivity index (χ3v) is 6.27. The van der Waals surface area contributed by atoms with Gasteiger partial charge < -0.3 is 5.11 Å². The first-order chi connectivity index (χ1) is 12.6. The van der Waals surface area contributed by atoms with Gasteiger partial charge in [-0.05, 0) is 55.7 Å². The minimum Gasteiger partial charge on any atom is -0.390 e. The molecular formula is C23H28FNO. The van der Waals surface area contributed by atoms with Crippen LogP contribution in [0.4, 0.5) is 4.39 Å². The van der Waals surface area contributed by atoms with Crippen molar-refractivity contribution in [1.82, 2.24) is 4.90 Å². The summed E-state index contributed by atoms with van der Waals surface area (Å²) in [6.45, 7) is 0.972. The first-order valence-electron chi connectivity index (χ1n) is 9.88. The van der Waals surface area contributed by atoms with E-state index in [9.17, 15) is 9.50 Å². The van der Waals surface area contributed by atoms with Gasteiger partial charge in [0.2, 0.25) is 0 Å². The van der Waals surface area contributed by atoms with E-state index in [1.54, 1.807) is 6.07 Å². The molecule has 2 unspecified atom stereocenters. The van der Waals surface area contributed by atoms with Crippen molar-refractivity contribution in [2.45, 2.75) is 69.2 Å². The number of fused-ring (bicyclic) bond motifs is 2. The van der Waals surface area contributed by atoms with Gasteiger partial charge in [0.05, 0.1) is 5.60 Å². The molecule has 4 rings (SSSR count). The lowest BCUT2D eigenvalue weighted by molar-refractivity contribution is -0.0988. The second kappa shape index (κ2) is 7.50. The highest BCUT2D eigenvalue weighted by Gasteiger charge is 2.44. The van der Waals surface area contributed by atoms with Gasteiger partial charge in [-0.2, -0.15) is 0 Å². The molecule has 2 aromatic carbocycles. The molecule has 0 aromatic heterocycles. The van der Waals surface area contributed by atoms with Gasteiger partial charge >= 0.3 is 0 Å². The summed E-state index contributed by atoms with van der Waals surface area (Å²) in [6.07, 6.45) is 6.46. The Bertz CT molecular complexity index is 718. The minimum atomic E-state index is -0.661. The molecule has 2 fully saturated rings. The Balaban J connectivity index is 1.44. The Morgan fingerprint density at radius 2 is 1.62 bits per heavy atom. The second-order valence-corrected chi connectivity index (χ2v) is 8.12. The largest absolute Gasteiger partial charge is 0.390 e. The third kappa shape index (κ3) is 3.84. The first kappa shape index (κ1) is 17.7. The molecule has 138 valence electrons. The van der Waals surface area contributed by atoms with Crippen LogP contribution in [0.25, 0.3) is 0 Å². The number of hydrogen-bond acceptors (Lipinski definition) is 2. The fourth-order valence-corrected chi connectivity index (χ4v) is 4.94. The molecular weight excluding hydrogens is 325 g/mol. The number of aliphatic hydroxyl groups is 1. The zero-order chi connectivity index (χ0) is 18.0. The number of aryl methyl sites for hydroxylation is 1. The topological polar surface area (TPSA) is 23.5 Å². The molecule has 0 spiro atoms. The normalized spacial score (nSPS) is 28.8. The molecule has 2 atom stereocenters. The van der Waals surface area contributed by atoms with E-state index in [2.05, 4.69) is 35.2 Å². The zero-order valence-electron chi connectivity index (χ0n) is 15.3. The Labute approximate surface area is 155 Å². The maximum absolute atomic E-state index is 13.9. The molecule has 0 saturated carbocycles. The molecule has 3 heteroatoms. The zero-order valence-corrected chi connectivity index (χ0v) is 15.3. The summed E-state index contributed by atoms with van der Waals surface area (Å²) in [5, 5.41) is 11.3. The van der Waals surface area contributed by atoms with Gasteiger partial charge in [-0.15, -0.1) is 0 Å². The van der Waals surface area contributed by atoms with Crippen molar-refractivity contribution < 1.29 is 9.50 Å². The smallest absolute Gasteiger partial charge is 0.126 e. The molecule has 0 amide bonds. The summed E-state index contributed by atoms with van der Waals surface area (Å²) < 4.78 is 13.9. The van der Waals surface area contributed by atoms with Crippen LogP contribution in [-0.4, -0.2) is 27.7 Å². The molecule has 2 aliphatic heterocycles. The van der Waals surface area contributed by atoms with E-state index in [1.807, 2.05) is 12.1 Å². The van der Waals surface area contributed by atoms with E-state index in [4.69, 9.17) is 0 Å². The van der Waals surface area contributed by atoms with Crippen molar-refractivity contribution in [2.75, 3.05) is 0 Å². The summed E-state index contributed by atoms with van der Waals surface area (Å²) in [5.74, 6) is -0.155. The van der Waals surface area contributed by atoms with E-state index in [1.165, 1.54) is 18.1 Å². The lowest BCUT2D eigenvalue weighted by Crippen LogP contribution is -2.57. The number of piperidine rings is 2. The number of hydrogen-bond donors (Lipinski definition) is 1. The van der Waals surface area contributed by atoms with Crippen molar-refractivity contribution in [3.8, 4) is 0 Å². The molecule has 0 aliphatic carbocycles. The van der Waals surface area contributed by atoms with E-state index in [-0.39, 0.29) is 5.82 Å². The van der Waals surface area contributed by atoms with Crippen molar-refractivity contribution in [3.05, 3.63) is 71.5 Å². The number of nitrogens with zero attached hydrogens (tertiary/aromatic N) is 1. The SMILES string of the molecule is OC1(CCc2ccccc2F)CC2CCCC(C1)N2Cc1ccccc1. The average Bonchev–Trinajstić information content (AvgIpc) is 2.63. The van der Waals surface area contributed by atoms with Crippen LogP contribution in [0.15, 0.2) is 54.6 Å². The maximum Gasteiger partial charge on any atom is 0.126 e. The number of benzene rings is 2. The van der Waals surface area contributed by atoms with Crippen molar-refractivity contribution in [2.24, 2.45) is 0 Å². The van der Waals surface area contributed by atoms with Gasteiger partial charge in [-0.1, -0.05) is 55.0 Å². The van der Waals surface area contributed by atoms with E-state index >= 15 is 0 Å². The van der Waals surface area contributed by atoms with Crippen LogP contribution in [0.1, 0.15) is 49.7 Å². The van der Waals surface area contributed by atoms with Gasteiger partial charge in [0.25, 0.3) is 0 Å². The summed E-state index contributed by atoms with van der Waals surface area (Å²) >= 11 is 0. The molecule has 2 aromatic rings. The highest BCUT2D eigenvalue weighted by Crippen LogP contribution is 2.42. The highest BCUT2D eigenvalue weighted by atomic mass is 19.1. The standard InChI is InChI=1S/C23H28FNO/c24-22-12-5-4-9-19(22)13-14-23(26)15-20-10-6-11-21(16-23)25(20)17-18-7-2-1-3-8-18/h1-5,7-9,12,20-21,26H,6,10-11,13-17H2. The van der Waals surface area contributed by atoms with Crippen LogP contribution in [-0.2, 0) is 13.0 Å². The van der Waals surface area contributed by atoms with Gasteiger partial charge in [-0.3, -0.25) is 4.90 Å². The highest BCUT2D eigenvalue weighted by molar-refractivity contribution is 5.19. The summed E-state index contributed by atoms with van der Waals surface area (Å²) in [5.41, 5.74) is 1.41. The third-order valence-electron chi connectivity index (χ3n) is 6.27. The lowest BCUT2D eigenvalue weighted by Gasteiger charge is -2.52. The number of halogens is 1. The van der Waals surface area contributed by atoms with Crippen LogP contribution in [0, 0.1) is 5.82 Å². The van der Waals surface area contributed by atoms with Gasteiger partial charge in [0.1, 0.15) is 5.82 Å². The van der Waals surface area contributed by atoms with Crippen LogP contribution >= 0.6 is 0 Å². The maximum atomic E-state index is 13.9. The molecule has 2 heterocycles. The molecule has 1 N–H and O–H groups in total. The summed E-state index contributed by atoms with van der Waals surface area (Å²) in [4.78, 5) is 2.61. The van der Waals surface area contributed by atoms with Crippen molar-refractivity contribution in [1.29, 1.82) is 0 Å². The molecule has 0 radical (unpaired) electrons. The fourth-order valence-electron chi connectivity index (χ4n) is 4.94. The van der Waals surface area contributed by atoms with Gasteiger partial charge in [0.15, 0.2) is 0 Å². The van der Waals surface area contributed by atoms with Crippen LogP contribution < -0.4 is 0 Å². The van der Waals surface area contributed by atoms with Crippen LogP contribution in [0.2, 0.25) is 0 Å². The molecule has 2 nitrogen and oxygen atoms in total. The monoisotopic (exact) mass is 353 g/mol. The van der Waals surface area contributed by atoms with E-state index < -0.39 is 5.60 Å². The Kier molecular flexibility index (Phi) is 5.10. The summed E-state index contributed by atoms with van der Waals surface area (Å²) in [7, 11) is 0. The fraction of sp³-hybridized carbons (Fsp3) is 0.478. The number of rotatable bonds is 5. The summed E-state index contributed by atoms with van der Waals surface area (Å²) in [6, 6.07) is 18.5. The quantitative estimate of drug-likeness (QED) is 0.842. The predicted molar refractivity (Wildman–Crippen MR) is 102 cm³/mol. The molecule has 2 aliphatic rings. The molecule has 26 heavy (non-hydrogen) atoms. The van der Waals surface area contributed by atoms with Gasteiger partial charge in [-0.25, -0.2) is 4.39 Å². The Morgan fingerprint density at radius 1 is 0.962 bits per heavy atom. The second-order valence-electron chi connectivity index (χ2n) is 8.12. The Morgan fingerprint density at radius 3 is 2.31 bits per heavy atom. The average molecular weight is 353 g/mol. The first-order valence-corrected chi connectivity index (χ1v) is 9.88. The minimum absolute atomic E-state index is 0.155. The molecule has 2 bridgehead atoms. The van der Waals surface area contributed by atoms with Crippen molar-refractivity contribution in [3.63, 3.8) is 0 Å². The van der Waals surface area contributed by atoms with Crippen LogP contribution in [0.5, 0.6) is 0 Å². The predicted octanol–water partition coefficient (Wildman–Crippen LogP) is 4.71. The van der Waals surface area contributed by atoms with Crippen LogP contribution in [0.3, 0.4) is 0 Å². The van der Waals surface area contributed by atoms with Crippen molar-refractivity contribution >= 4 is 0 Å². The van der Waals surface area contributed by atoms with E-state index in [0.717, 1.165) is 37.8 Å². The molecule has 2 saturated heterocycles. The lowest BCUT2D eigenvalue weighted by atomic mass is 9.73. The van der Waals surface area contributed by atoms with E-state index in [0.29, 0.717) is 24.9 Å². The van der Waals surface area contributed by atoms with Gasteiger partial charge in [0, 0.05) is 18.6 Å².